The lowest BCUT2D eigenvalue weighted by Crippen LogP contribution is -2.49. The van der Waals surface area contributed by atoms with Crippen molar-refractivity contribution in [2.45, 2.75) is 51.7 Å². The first-order valence-electron chi connectivity index (χ1n) is 11.2. The van der Waals surface area contributed by atoms with Gasteiger partial charge in [-0.15, -0.1) is 0 Å². The minimum atomic E-state index is -0.182. The SMILES string of the molecule is CC1CCCC(C)N1C(=O)COc1ccc(C(=O)NCc2ccc3c(c2)OCCO3)cc1. The van der Waals surface area contributed by atoms with E-state index < -0.39 is 0 Å². The third-order valence-electron chi connectivity index (χ3n) is 6.02. The molecule has 4 rings (SSSR count). The normalized spacial score (nSPS) is 19.9. The molecule has 2 aliphatic rings. The van der Waals surface area contributed by atoms with Gasteiger partial charge >= 0.3 is 0 Å². The van der Waals surface area contributed by atoms with Gasteiger partial charge in [-0.3, -0.25) is 9.59 Å². The number of likely N-dealkylation sites (tertiary alicyclic amines) is 1. The van der Waals surface area contributed by atoms with Crippen molar-refractivity contribution in [1.82, 2.24) is 10.2 Å². The highest BCUT2D eigenvalue weighted by Gasteiger charge is 2.29. The van der Waals surface area contributed by atoms with Crippen molar-refractivity contribution >= 4 is 11.8 Å². The molecule has 1 fully saturated rings. The van der Waals surface area contributed by atoms with Crippen LogP contribution in [0.3, 0.4) is 0 Å². The molecule has 1 saturated heterocycles. The monoisotopic (exact) mass is 438 g/mol. The van der Waals surface area contributed by atoms with Gasteiger partial charge in [0, 0.05) is 24.2 Å². The number of rotatable bonds is 6. The Hall–Kier alpha value is -3.22. The Labute approximate surface area is 188 Å². The summed E-state index contributed by atoms with van der Waals surface area (Å²) < 4.78 is 16.8. The summed E-state index contributed by atoms with van der Waals surface area (Å²) in [6.07, 6.45) is 3.23. The summed E-state index contributed by atoms with van der Waals surface area (Å²) in [4.78, 5) is 27.0. The van der Waals surface area contributed by atoms with E-state index in [1.165, 1.54) is 0 Å². The third-order valence-corrected chi connectivity index (χ3v) is 6.02. The zero-order chi connectivity index (χ0) is 22.5. The summed E-state index contributed by atoms with van der Waals surface area (Å²) in [7, 11) is 0. The van der Waals surface area contributed by atoms with Crippen LogP contribution in [0.25, 0.3) is 0 Å². The second kappa shape index (κ2) is 9.94. The molecule has 2 atom stereocenters. The van der Waals surface area contributed by atoms with E-state index in [1.807, 2.05) is 23.1 Å². The summed E-state index contributed by atoms with van der Waals surface area (Å²) in [6, 6.07) is 13.0. The molecule has 0 saturated carbocycles. The summed E-state index contributed by atoms with van der Waals surface area (Å²) in [5.74, 6) is 1.82. The summed E-state index contributed by atoms with van der Waals surface area (Å²) in [5, 5.41) is 2.91. The Morgan fingerprint density at radius 1 is 1.00 bits per heavy atom. The van der Waals surface area contributed by atoms with Gasteiger partial charge in [0.15, 0.2) is 18.1 Å². The van der Waals surface area contributed by atoms with E-state index in [0.29, 0.717) is 36.8 Å². The average molecular weight is 439 g/mol. The van der Waals surface area contributed by atoms with E-state index >= 15 is 0 Å². The smallest absolute Gasteiger partial charge is 0.260 e. The number of nitrogens with one attached hydrogen (secondary N) is 1. The van der Waals surface area contributed by atoms with E-state index in [9.17, 15) is 9.59 Å². The van der Waals surface area contributed by atoms with Gasteiger partial charge in [0.25, 0.3) is 11.8 Å². The highest BCUT2D eigenvalue weighted by Crippen LogP contribution is 2.30. The molecule has 0 aliphatic carbocycles. The number of carbonyl (C=O) groups excluding carboxylic acids is 2. The maximum absolute atomic E-state index is 12.6. The molecule has 0 bridgehead atoms. The molecule has 7 heteroatoms. The van der Waals surface area contributed by atoms with Crippen LogP contribution in [0.15, 0.2) is 42.5 Å². The molecule has 7 nitrogen and oxygen atoms in total. The van der Waals surface area contributed by atoms with Crippen molar-refractivity contribution in [3.63, 3.8) is 0 Å². The Bertz CT molecular complexity index is 949. The van der Waals surface area contributed by atoms with E-state index in [4.69, 9.17) is 14.2 Å². The Morgan fingerprint density at radius 2 is 1.69 bits per heavy atom. The van der Waals surface area contributed by atoms with Crippen LogP contribution < -0.4 is 19.5 Å². The first kappa shape index (κ1) is 22.0. The van der Waals surface area contributed by atoms with Gasteiger partial charge in [0.2, 0.25) is 0 Å². The molecule has 0 aromatic heterocycles. The number of hydrogen-bond donors (Lipinski definition) is 1. The maximum atomic E-state index is 12.6. The van der Waals surface area contributed by atoms with E-state index in [-0.39, 0.29) is 30.5 Å². The molecule has 2 heterocycles. The second-order valence-corrected chi connectivity index (χ2v) is 8.40. The molecular weight excluding hydrogens is 408 g/mol. The molecular formula is C25H30N2O5. The number of benzene rings is 2. The van der Waals surface area contributed by atoms with Crippen LogP contribution in [-0.2, 0) is 11.3 Å². The number of carbonyl (C=O) groups is 2. The number of hydrogen-bond acceptors (Lipinski definition) is 5. The summed E-state index contributed by atoms with van der Waals surface area (Å²) in [5.41, 5.74) is 1.46. The van der Waals surface area contributed by atoms with Gasteiger partial charge < -0.3 is 24.4 Å². The maximum Gasteiger partial charge on any atom is 0.260 e. The molecule has 2 aromatic carbocycles. The van der Waals surface area contributed by atoms with Crippen LogP contribution >= 0.6 is 0 Å². The molecule has 2 aromatic rings. The van der Waals surface area contributed by atoms with E-state index in [2.05, 4.69) is 19.2 Å². The Morgan fingerprint density at radius 3 is 2.41 bits per heavy atom. The van der Waals surface area contributed by atoms with E-state index in [1.54, 1.807) is 24.3 Å². The fourth-order valence-electron chi connectivity index (χ4n) is 4.32. The quantitative estimate of drug-likeness (QED) is 0.746. The lowest BCUT2D eigenvalue weighted by Gasteiger charge is -2.38. The average Bonchev–Trinajstić information content (AvgIpc) is 2.81. The lowest BCUT2D eigenvalue weighted by molar-refractivity contribution is -0.139. The van der Waals surface area contributed by atoms with Crippen molar-refractivity contribution in [2.24, 2.45) is 0 Å². The molecule has 2 amide bonds. The molecule has 170 valence electrons. The number of fused-ring (bicyclic) bond motifs is 1. The predicted octanol–water partition coefficient (Wildman–Crippen LogP) is 3.56. The Balaban J connectivity index is 1.27. The molecule has 1 N–H and O–H groups in total. The number of nitrogens with zero attached hydrogens (tertiary/aromatic N) is 1. The van der Waals surface area contributed by atoms with Crippen LogP contribution in [0.5, 0.6) is 17.2 Å². The van der Waals surface area contributed by atoms with Gasteiger partial charge in [0.05, 0.1) is 0 Å². The minimum absolute atomic E-state index is 0.00430. The number of amides is 2. The van der Waals surface area contributed by atoms with Crippen LogP contribution in [0.1, 0.15) is 49.0 Å². The highest BCUT2D eigenvalue weighted by molar-refractivity contribution is 5.94. The van der Waals surface area contributed by atoms with Crippen LogP contribution in [0, 0.1) is 0 Å². The van der Waals surface area contributed by atoms with Crippen molar-refractivity contribution in [2.75, 3.05) is 19.8 Å². The van der Waals surface area contributed by atoms with Gasteiger partial charge in [-0.1, -0.05) is 6.07 Å². The van der Waals surface area contributed by atoms with Crippen LogP contribution in [0.4, 0.5) is 0 Å². The predicted molar refractivity (Wildman–Crippen MR) is 120 cm³/mol. The topological polar surface area (TPSA) is 77.1 Å². The lowest BCUT2D eigenvalue weighted by atomic mass is 9.97. The number of ether oxygens (including phenoxy) is 3. The molecule has 2 unspecified atom stereocenters. The fraction of sp³-hybridized carbons (Fsp3) is 0.440. The summed E-state index contributed by atoms with van der Waals surface area (Å²) in [6.45, 7) is 5.64. The van der Waals surface area contributed by atoms with Gasteiger partial charge in [-0.2, -0.15) is 0 Å². The van der Waals surface area contributed by atoms with Crippen molar-refractivity contribution < 1.29 is 23.8 Å². The molecule has 2 aliphatic heterocycles. The second-order valence-electron chi connectivity index (χ2n) is 8.40. The van der Waals surface area contributed by atoms with E-state index in [0.717, 1.165) is 30.6 Å². The third kappa shape index (κ3) is 5.15. The molecule has 32 heavy (non-hydrogen) atoms. The molecule has 0 spiro atoms. The van der Waals surface area contributed by atoms with Gasteiger partial charge in [0.1, 0.15) is 19.0 Å². The first-order chi connectivity index (χ1) is 15.5. The zero-order valence-corrected chi connectivity index (χ0v) is 18.6. The summed E-state index contributed by atoms with van der Waals surface area (Å²) >= 11 is 0. The Kier molecular flexibility index (Phi) is 6.83. The standard InChI is InChI=1S/C25H30N2O5/c1-17-4-3-5-18(2)27(17)24(28)16-32-21-9-7-20(8-10-21)25(29)26-15-19-6-11-22-23(14-19)31-13-12-30-22/h6-11,14,17-18H,3-5,12-13,15-16H2,1-2H3,(H,26,29). The van der Waals surface area contributed by atoms with Crippen molar-refractivity contribution in [3.05, 3.63) is 53.6 Å². The van der Waals surface area contributed by atoms with Gasteiger partial charge in [-0.05, 0) is 75.1 Å². The molecule has 0 radical (unpaired) electrons. The zero-order valence-electron chi connectivity index (χ0n) is 18.6. The van der Waals surface area contributed by atoms with Crippen molar-refractivity contribution in [3.8, 4) is 17.2 Å². The number of piperidine rings is 1. The van der Waals surface area contributed by atoms with Crippen LogP contribution in [0.2, 0.25) is 0 Å². The fourth-order valence-corrected chi connectivity index (χ4v) is 4.32. The minimum Gasteiger partial charge on any atom is -0.486 e. The van der Waals surface area contributed by atoms with Gasteiger partial charge in [-0.25, -0.2) is 0 Å². The van der Waals surface area contributed by atoms with Crippen molar-refractivity contribution in [1.29, 1.82) is 0 Å². The van der Waals surface area contributed by atoms with Crippen LogP contribution in [-0.4, -0.2) is 48.6 Å². The first-order valence-corrected chi connectivity index (χ1v) is 11.2. The largest absolute Gasteiger partial charge is 0.486 e. The highest BCUT2D eigenvalue weighted by atomic mass is 16.6.